The van der Waals surface area contributed by atoms with Crippen molar-refractivity contribution in [1.82, 2.24) is 9.80 Å². The molecular formula is C17H30N3O2. The van der Waals surface area contributed by atoms with E-state index >= 15 is 0 Å². The molecule has 0 aliphatic carbocycles. The summed E-state index contributed by atoms with van der Waals surface area (Å²) < 4.78 is 0. The maximum absolute atomic E-state index is 12.2. The average Bonchev–Trinajstić information content (AvgIpc) is 2.81. The fraction of sp³-hybridized carbons (Fsp3) is 0.824. The van der Waals surface area contributed by atoms with E-state index in [1.807, 2.05) is 4.90 Å². The van der Waals surface area contributed by atoms with Gasteiger partial charge in [-0.1, -0.05) is 19.8 Å². The van der Waals surface area contributed by atoms with E-state index in [-0.39, 0.29) is 17.7 Å². The first-order valence-electron chi connectivity index (χ1n) is 8.73. The van der Waals surface area contributed by atoms with Crippen molar-refractivity contribution in [2.24, 2.45) is 11.7 Å². The molecule has 0 bridgehead atoms. The summed E-state index contributed by atoms with van der Waals surface area (Å²) in [5, 5.41) is 0. The molecule has 1 radical (unpaired) electrons. The lowest BCUT2D eigenvalue weighted by atomic mass is 10.0. The summed E-state index contributed by atoms with van der Waals surface area (Å²) in [5.41, 5.74) is 5.22. The van der Waals surface area contributed by atoms with Crippen LogP contribution in [0.4, 0.5) is 0 Å². The Hall–Kier alpha value is -1.10. The standard InChI is InChI=1S/C17H30N3O2/c1-14(17(18)22)6-7-16(21)20-12-8-15(9-13-20)19-10-4-2-3-5-11-19/h7,14-15H,2-6,8-13H2,1H3,(H2,18,22)/t14-/m0/s1. The van der Waals surface area contributed by atoms with Crippen LogP contribution in [-0.4, -0.2) is 53.8 Å². The molecule has 125 valence electrons. The maximum Gasteiger partial charge on any atom is 0.226 e. The first kappa shape index (κ1) is 17.3. The van der Waals surface area contributed by atoms with Gasteiger partial charge in [-0.25, -0.2) is 0 Å². The van der Waals surface area contributed by atoms with Crippen molar-refractivity contribution in [2.75, 3.05) is 26.2 Å². The predicted octanol–water partition coefficient (Wildman–Crippen LogP) is 1.57. The second-order valence-electron chi connectivity index (χ2n) is 6.75. The average molecular weight is 308 g/mol. The molecule has 2 N–H and O–H groups in total. The molecule has 1 atom stereocenters. The molecule has 0 aromatic carbocycles. The Morgan fingerprint density at radius 3 is 2.23 bits per heavy atom. The van der Waals surface area contributed by atoms with Crippen LogP contribution in [0.5, 0.6) is 0 Å². The number of carbonyl (C=O) groups is 2. The monoisotopic (exact) mass is 308 g/mol. The number of carbonyl (C=O) groups excluding carboxylic acids is 2. The molecule has 2 aliphatic heterocycles. The van der Waals surface area contributed by atoms with Crippen molar-refractivity contribution in [3.8, 4) is 0 Å². The van der Waals surface area contributed by atoms with E-state index in [0.717, 1.165) is 25.9 Å². The molecule has 22 heavy (non-hydrogen) atoms. The van der Waals surface area contributed by atoms with Crippen molar-refractivity contribution < 1.29 is 9.59 Å². The number of nitrogens with zero attached hydrogens (tertiary/aromatic N) is 2. The van der Waals surface area contributed by atoms with E-state index in [9.17, 15) is 9.59 Å². The van der Waals surface area contributed by atoms with Crippen LogP contribution in [0.3, 0.4) is 0 Å². The fourth-order valence-electron chi connectivity index (χ4n) is 3.43. The molecule has 0 aromatic heterocycles. The van der Waals surface area contributed by atoms with Crippen molar-refractivity contribution >= 4 is 11.8 Å². The molecule has 2 aliphatic rings. The number of primary amides is 1. The highest BCUT2D eigenvalue weighted by Crippen LogP contribution is 2.21. The lowest BCUT2D eigenvalue weighted by Gasteiger charge is -2.38. The van der Waals surface area contributed by atoms with Crippen molar-refractivity contribution in [1.29, 1.82) is 0 Å². The van der Waals surface area contributed by atoms with Gasteiger partial charge in [0.25, 0.3) is 0 Å². The molecule has 2 rings (SSSR count). The number of rotatable bonds is 5. The number of likely N-dealkylation sites (tertiary alicyclic amines) is 2. The molecule has 2 saturated heterocycles. The Labute approximate surface area is 134 Å². The minimum atomic E-state index is -0.344. The molecule has 0 aromatic rings. The summed E-state index contributed by atoms with van der Waals surface area (Å²) in [6, 6.07) is 0.645. The van der Waals surface area contributed by atoms with E-state index in [2.05, 4.69) is 4.90 Å². The van der Waals surface area contributed by atoms with Crippen LogP contribution in [0.2, 0.25) is 0 Å². The summed E-state index contributed by atoms with van der Waals surface area (Å²) in [7, 11) is 0. The minimum absolute atomic E-state index is 0.0578. The summed E-state index contributed by atoms with van der Waals surface area (Å²) in [4.78, 5) is 27.7. The van der Waals surface area contributed by atoms with E-state index in [4.69, 9.17) is 5.73 Å². The van der Waals surface area contributed by atoms with Gasteiger partial charge in [0, 0.05) is 25.0 Å². The lowest BCUT2D eigenvalue weighted by Crippen LogP contribution is -2.47. The van der Waals surface area contributed by atoms with Gasteiger partial charge in [-0.3, -0.25) is 9.59 Å². The molecule has 0 saturated carbocycles. The zero-order valence-corrected chi connectivity index (χ0v) is 13.8. The van der Waals surface area contributed by atoms with Gasteiger partial charge >= 0.3 is 0 Å². The van der Waals surface area contributed by atoms with E-state index < -0.39 is 0 Å². The van der Waals surface area contributed by atoms with Gasteiger partial charge in [0.15, 0.2) is 0 Å². The molecule has 0 spiro atoms. The van der Waals surface area contributed by atoms with Gasteiger partial charge in [0.05, 0.1) is 6.42 Å². The van der Waals surface area contributed by atoms with Crippen LogP contribution in [0.15, 0.2) is 0 Å². The van der Waals surface area contributed by atoms with Gasteiger partial charge in [-0.05, 0) is 45.2 Å². The van der Waals surface area contributed by atoms with Gasteiger partial charge in [0.1, 0.15) is 0 Å². The highest BCUT2D eigenvalue weighted by Gasteiger charge is 2.27. The second-order valence-corrected chi connectivity index (χ2v) is 6.75. The third-order valence-corrected chi connectivity index (χ3v) is 5.06. The first-order chi connectivity index (χ1) is 10.6. The Morgan fingerprint density at radius 1 is 1.09 bits per heavy atom. The Bertz CT molecular complexity index is 370. The molecule has 2 amide bonds. The summed E-state index contributed by atoms with van der Waals surface area (Å²) in [5.74, 6) is -0.551. The largest absolute Gasteiger partial charge is 0.369 e. The maximum atomic E-state index is 12.2. The SMILES string of the molecule is C[C@@H](C[CH]C(=O)N1CCC(N2CCCCCC2)CC1)C(N)=O. The van der Waals surface area contributed by atoms with Crippen LogP contribution in [0.1, 0.15) is 51.9 Å². The van der Waals surface area contributed by atoms with Gasteiger partial charge in [0.2, 0.25) is 11.8 Å². The Balaban J connectivity index is 1.71. The van der Waals surface area contributed by atoms with Crippen LogP contribution in [0.25, 0.3) is 0 Å². The number of hydrogen-bond donors (Lipinski definition) is 1. The van der Waals surface area contributed by atoms with Gasteiger partial charge < -0.3 is 15.5 Å². The Morgan fingerprint density at radius 2 is 1.68 bits per heavy atom. The third-order valence-electron chi connectivity index (χ3n) is 5.06. The van der Waals surface area contributed by atoms with Gasteiger partial charge in [-0.15, -0.1) is 0 Å². The summed E-state index contributed by atoms with van der Waals surface area (Å²) in [6.07, 6.45) is 9.58. The number of nitrogens with two attached hydrogens (primary N) is 1. The topological polar surface area (TPSA) is 66.6 Å². The number of piperidine rings is 1. The van der Waals surface area contributed by atoms with Gasteiger partial charge in [-0.2, -0.15) is 0 Å². The first-order valence-corrected chi connectivity index (χ1v) is 8.73. The summed E-state index contributed by atoms with van der Waals surface area (Å²) in [6.45, 7) is 5.88. The molecule has 0 unspecified atom stereocenters. The van der Waals surface area contributed by atoms with Crippen molar-refractivity contribution in [3.63, 3.8) is 0 Å². The summed E-state index contributed by atoms with van der Waals surface area (Å²) >= 11 is 0. The molecule has 5 nitrogen and oxygen atoms in total. The van der Waals surface area contributed by atoms with Crippen LogP contribution in [0, 0.1) is 12.3 Å². The minimum Gasteiger partial charge on any atom is -0.369 e. The van der Waals surface area contributed by atoms with Crippen LogP contribution in [-0.2, 0) is 9.59 Å². The smallest absolute Gasteiger partial charge is 0.226 e. The Kier molecular flexibility index (Phi) is 6.68. The molecule has 5 heteroatoms. The lowest BCUT2D eigenvalue weighted by molar-refractivity contribution is -0.129. The highest BCUT2D eigenvalue weighted by molar-refractivity contribution is 5.86. The fourth-order valence-corrected chi connectivity index (χ4v) is 3.43. The highest BCUT2D eigenvalue weighted by atomic mass is 16.2. The van der Waals surface area contributed by atoms with Crippen molar-refractivity contribution in [3.05, 3.63) is 6.42 Å². The number of amides is 2. The molecule has 2 heterocycles. The second kappa shape index (κ2) is 8.51. The molecular weight excluding hydrogens is 278 g/mol. The predicted molar refractivity (Wildman–Crippen MR) is 86.9 cm³/mol. The van der Waals surface area contributed by atoms with E-state index in [0.29, 0.717) is 12.5 Å². The van der Waals surface area contributed by atoms with E-state index in [1.165, 1.54) is 38.8 Å². The quantitative estimate of drug-likeness (QED) is 0.838. The van der Waals surface area contributed by atoms with Crippen molar-refractivity contribution in [2.45, 2.75) is 57.9 Å². The van der Waals surface area contributed by atoms with E-state index in [1.54, 1.807) is 13.3 Å². The zero-order valence-electron chi connectivity index (χ0n) is 13.8. The van der Waals surface area contributed by atoms with Crippen LogP contribution < -0.4 is 5.73 Å². The zero-order chi connectivity index (χ0) is 15.9. The molecule has 2 fully saturated rings. The normalized spacial score (nSPS) is 23.0. The van der Waals surface area contributed by atoms with Crippen LogP contribution >= 0.6 is 0 Å². The third kappa shape index (κ3) is 4.97. The number of hydrogen-bond acceptors (Lipinski definition) is 3.